The van der Waals surface area contributed by atoms with E-state index in [2.05, 4.69) is 25.0 Å². The number of nitrogens with one attached hydrogen (secondary N) is 2. The van der Waals surface area contributed by atoms with E-state index in [1.165, 1.54) is 12.1 Å². The number of fused-ring (bicyclic) bond motifs is 1. The number of rotatable bonds is 9. The van der Waals surface area contributed by atoms with Crippen molar-refractivity contribution in [2.45, 2.75) is 18.2 Å². The van der Waals surface area contributed by atoms with Crippen LogP contribution in [0.3, 0.4) is 0 Å². The van der Waals surface area contributed by atoms with Gasteiger partial charge in [0.2, 0.25) is 5.95 Å². The highest BCUT2D eigenvalue weighted by molar-refractivity contribution is 7.83. The highest BCUT2D eigenvalue weighted by atomic mass is 32.2. The van der Waals surface area contributed by atoms with E-state index in [0.29, 0.717) is 36.3 Å². The molecule has 0 saturated heterocycles. The zero-order chi connectivity index (χ0) is 24.2. The lowest BCUT2D eigenvalue weighted by atomic mass is 10.1. The van der Waals surface area contributed by atoms with Gasteiger partial charge in [0.25, 0.3) is 0 Å². The van der Waals surface area contributed by atoms with Crippen LogP contribution in [0.4, 0.5) is 10.3 Å². The summed E-state index contributed by atoms with van der Waals surface area (Å²) >= 11 is 0. The van der Waals surface area contributed by atoms with Crippen molar-refractivity contribution in [1.29, 1.82) is 0 Å². The summed E-state index contributed by atoms with van der Waals surface area (Å²) in [5, 5.41) is 3.21. The molecule has 3 heterocycles. The van der Waals surface area contributed by atoms with Crippen LogP contribution in [0.15, 0.2) is 82.6 Å². The Balaban J connectivity index is 1.26. The number of anilines is 1. The Labute approximate surface area is 203 Å². The predicted molar refractivity (Wildman–Crippen MR) is 133 cm³/mol. The first-order valence-electron chi connectivity index (χ1n) is 11.1. The van der Waals surface area contributed by atoms with Crippen molar-refractivity contribution in [2.24, 2.45) is 0 Å². The molecular weight excluding hydrogens is 467 g/mol. The molecule has 2 N–H and O–H groups in total. The SMILES string of the molecule is Cc1ccc(S(=O)NCCCNc2nccc(-c3c(-c4ccc(F)cc4)nc4occn34)n2)cc1. The number of benzene rings is 2. The van der Waals surface area contributed by atoms with Crippen molar-refractivity contribution in [2.75, 3.05) is 18.4 Å². The molecule has 0 radical (unpaired) electrons. The molecule has 8 nitrogen and oxygen atoms in total. The van der Waals surface area contributed by atoms with Crippen LogP contribution in [0.1, 0.15) is 12.0 Å². The van der Waals surface area contributed by atoms with Crippen LogP contribution in [0.5, 0.6) is 0 Å². The topological polar surface area (TPSA) is 97.3 Å². The van der Waals surface area contributed by atoms with Crippen LogP contribution in [0, 0.1) is 12.7 Å². The fourth-order valence-electron chi connectivity index (χ4n) is 3.61. The molecule has 0 bridgehead atoms. The minimum atomic E-state index is -1.25. The fourth-order valence-corrected chi connectivity index (χ4v) is 4.49. The van der Waals surface area contributed by atoms with Crippen molar-refractivity contribution < 1.29 is 13.0 Å². The molecule has 1 atom stereocenters. The number of hydrogen-bond donors (Lipinski definition) is 2. The van der Waals surface area contributed by atoms with Gasteiger partial charge >= 0.3 is 5.84 Å². The standard InChI is InChI=1S/C25H23FN6O2S/c1-17-3-9-20(10-4-17)35(33)29-13-2-12-27-24-28-14-11-21(30-24)23-22(18-5-7-19(26)8-6-18)31-25-32(23)15-16-34-25/h3-11,14-16,29H,2,12-13H2,1H3,(H,27,28,30). The molecule has 35 heavy (non-hydrogen) atoms. The maximum absolute atomic E-state index is 13.4. The summed E-state index contributed by atoms with van der Waals surface area (Å²) in [6.45, 7) is 3.16. The Morgan fingerprint density at radius 1 is 1.03 bits per heavy atom. The molecule has 0 saturated carbocycles. The van der Waals surface area contributed by atoms with Gasteiger partial charge in [0.15, 0.2) is 0 Å². The molecule has 0 aliphatic heterocycles. The number of oxazole rings is 1. The maximum atomic E-state index is 13.4. The molecule has 0 spiro atoms. The Hall–Kier alpha value is -3.89. The highest BCUT2D eigenvalue weighted by Crippen LogP contribution is 2.32. The number of hydrogen-bond acceptors (Lipinski definition) is 6. The summed E-state index contributed by atoms with van der Waals surface area (Å²) in [4.78, 5) is 14.3. The Morgan fingerprint density at radius 3 is 2.63 bits per heavy atom. The summed E-state index contributed by atoms with van der Waals surface area (Å²) in [5.41, 5.74) is 3.89. The van der Waals surface area contributed by atoms with E-state index in [9.17, 15) is 8.60 Å². The van der Waals surface area contributed by atoms with Crippen LogP contribution >= 0.6 is 0 Å². The highest BCUT2D eigenvalue weighted by Gasteiger charge is 2.19. The van der Waals surface area contributed by atoms with Crippen LogP contribution < -0.4 is 10.0 Å². The summed E-state index contributed by atoms with van der Waals surface area (Å²) in [5.74, 6) is 0.565. The lowest BCUT2D eigenvalue weighted by Crippen LogP contribution is -2.21. The van der Waals surface area contributed by atoms with E-state index in [1.54, 1.807) is 41.3 Å². The van der Waals surface area contributed by atoms with Crippen molar-refractivity contribution in [3.8, 4) is 22.6 Å². The molecule has 178 valence electrons. The van der Waals surface area contributed by atoms with Gasteiger partial charge in [-0.3, -0.25) is 4.40 Å². The zero-order valence-corrected chi connectivity index (χ0v) is 19.8. The van der Waals surface area contributed by atoms with E-state index in [1.807, 2.05) is 31.2 Å². The molecule has 5 rings (SSSR count). The number of aromatic nitrogens is 4. The minimum absolute atomic E-state index is 0.316. The van der Waals surface area contributed by atoms with Gasteiger partial charge in [-0.1, -0.05) is 17.7 Å². The maximum Gasteiger partial charge on any atom is 0.306 e. The van der Waals surface area contributed by atoms with Gasteiger partial charge in [-0.25, -0.2) is 23.3 Å². The van der Waals surface area contributed by atoms with E-state index in [-0.39, 0.29) is 5.82 Å². The van der Waals surface area contributed by atoms with Crippen molar-refractivity contribution in [1.82, 2.24) is 24.1 Å². The van der Waals surface area contributed by atoms with Crippen molar-refractivity contribution in [3.63, 3.8) is 0 Å². The molecule has 0 aliphatic carbocycles. The number of nitrogens with zero attached hydrogens (tertiary/aromatic N) is 4. The Morgan fingerprint density at radius 2 is 1.83 bits per heavy atom. The van der Waals surface area contributed by atoms with Gasteiger partial charge in [-0.05, 0) is 55.8 Å². The first-order chi connectivity index (χ1) is 17.1. The van der Waals surface area contributed by atoms with E-state index >= 15 is 0 Å². The Bertz CT molecular complexity index is 1460. The van der Waals surface area contributed by atoms with Gasteiger partial charge in [0.05, 0.1) is 10.6 Å². The van der Waals surface area contributed by atoms with Crippen molar-refractivity contribution in [3.05, 3.63) is 84.6 Å². The Kier molecular flexibility index (Phi) is 6.64. The molecule has 0 aliphatic rings. The van der Waals surface area contributed by atoms with Gasteiger partial charge in [-0.2, -0.15) is 4.98 Å². The first kappa shape index (κ1) is 22.9. The number of imidazole rings is 1. The average molecular weight is 491 g/mol. The fraction of sp³-hybridized carbons (Fsp3) is 0.160. The van der Waals surface area contributed by atoms with Gasteiger partial charge in [0.1, 0.15) is 34.5 Å². The monoisotopic (exact) mass is 490 g/mol. The lowest BCUT2D eigenvalue weighted by molar-refractivity contribution is 0.596. The number of aryl methyl sites for hydroxylation is 1. The van der Waals surface area contributed by atoms with E-state index in [4.69, 9.17) is 4.42 Å². The first-order valence-corrected chi connectivity index (χ1v) is 12.2. The van der Waals surface area contributed by atoms with E-state index < -0.39 is 11.0 Å². The summed E-state index contributed by atoms with van der Waals surface area (Å²) in [6, 6.07) is 15.6. The smallest absolute Gasteiger partial charge is 0.306 e. The molecular formula is C25H23FN6O2S. The largest absolute Gasteiger partial charge is 0.432 e. The van der Waals surface area contributed by atoms with Crippen molar-refractivity contribution >= 4 is 22.8 Å². The second kappa shape index (κ2) is 10.2. The van der Waals surface area contributed by atoms with E-state index in [0.717, 1.165) is 28.1 Å². The van der Waals surface area contributed by atoms with Crippen LogP contribution in [-0.4, -0.2) is 36.7 Å². The summed E-state index contributed by atoms with van der Waals surface area (Å²) in [6.07, 6.45) is 5.71. The van der Waals surface area contributed by atoms with Gasteiger partial charge in [0, 0.05) is 31.0 Å². The zero-order valence-electron chi connectivity index (χ0n) is 18.9. The van der Waals surface area contributed by atoms with Gasteiger partial charge in [-0.15, -0.1) is 0 Å². The normalized spacial score (nSPS) is 12.2. The third-order valence-corrected chi connectivity index (χ3v) is 6.55. The van der Waals surface area contributed by atoms with Gasteiger partial charge < -0.3 is 9.73 Å². The molecule has 10 heteroatoms. The van der Waals surface area contributed by atoms with Crippen LogP contribution in [-0.2, 0) is 11.0 Å². The molecule has 0 amide bonds. The number of halogens is 1. The molecule has 3 aromatic heterocycles. The second-order valence-corrected chi connectivity index (χ2v) is 9.19. The predicted octanol–water partition coefficient (Wildman–Crippen LogP) is 4.61. The third kappa shape index (κ3) is 5.13. The molecule has 1 unspecified atom stereocenters. The molecule has 0 fully saturated rings. The summed E-state index contributed by atoms with van der Waals surface area (Å²) in [7, 11) is -1.25. The summed E-state index contributed by atoms with van der Waals surface area (Å²) < 4.78 is 36.1. The quantitative estimate of drug-likeness (QED) is 0.293. The lowest BCUT2D eigenvalue weighted by Gasteiger charge is -2.08. The second-order valence-electron chi connectivity index (χ2n) is 7.89. The van der Waals surface area contributed by atoms with Crippen LogP contribution in [0.2, 0.25) is 0 Å². The molecule has 5 aromatic rings. The molecule has 2 aromatic carbocycles. The third-order valence-electron chi connectivity index (χ3n) is 5.38. The van der Waals surface area contributed by atoms with Crippen LogP contribution in [0.25, 0.3) is 28.5 Å². The average Bonchev–Trinajstić information content (AvgIpc) is 3.46. The minimum Gasteiger partial charge on any atom is -0.432 e.